The average molecular weight is 240 g/mol. The monoisotopic (exact) mass is 240 g/mol. The van der Waals surface area contributed by atoms with Gasteiger partial charge in [-0.05, 0) is 54.3 Å². The minimum atomic E-state index is 0.420. The van der Waals surface area contributed by atoms with E-state index >= 15 is 0 Å². The van der Waals surface area contributed by atoms with Crippen LogP contribution in [0.1, 0.15) is 39.9 Å². The molecule has 0 unspecified atom stereocenters. The lowest BCUT2D eigenvalue weighted by Crippen LogP contribution is -1.94. The number of ether oxygens (including phenoxy) is 1. The summed E-state index contributed by atoms with van der Waals surface area (Å²) in [7, 11) is 0. The second-order valence-electron chi connectivity index (χ2n) is 5.19. The van der Waals surface area contributed by atoms with E-state index in [1.54, 1.807) is 0 Å². The highest BCUT2D eigenvalue weighted by Crippen LogP contribution is 2.41. The van der Waals surface area contributed by atoms with Crippen LogP contribution >= 0.6 is 0 Å². The molecule has 2 aliphatic carbocycles. The molecule has 0 aromatic heterocycles. The zero-order valence-electron chi connectivity index (χ0n) is 10.9. The Balaban J connectivity index is 2.39. The predicted molar refractivity (Wildman–Crippen MR) is 71.8 cm³/mol. The molecule has 0 aromatic rings. The van der Waals surface area contributed by atoms with Crippen LogP contribution in [0.4, 0.5) is 0 Å². The van der Waals surface area contributed by atoms with Crippen molar-refractivity contribution in [1.29, 1.82) is 0 Å². The van der Waals surface area contributed by atoms with Crippen LogP contribution in [0.25, 0.3) is 11.1 Å². The fourth-order valence-electron chi connectivity index (χ4n) is 2.85. The van der Waals surface area contributed by atoms with Crippen LogP contribution in [-0.4, -0.2) is 12.9 Å². The predicted octanol–water partition coefficient (Wildman–Crippen LogP) is 3.72. The molecule has 2 heteroatoms. The first-order valence-corrected chi connectivity index (χ1v) is 6.27. The van der Waals surface area contributed by atoms with Crippen molar-refractivity contribution in [2.24, 2.45) is 0 Å². The Kier molecular flexibility index (Phi) is 2.40. The Morgan fingerprint density at radius 2 is 2.00 bits per heavy atom. The van der Waals surface area contributed by atoms with Crippen LogP contribution in [0.5, 0.6) is 5.75 Å². The minimum Gasteiger partial charge on any atom is -0.493 e. The topological polar surface area (TPSA) is 26.3 Å². The summed E-state index contributed by atoms with van der Waals surface area (Å²) in [5.41, 5.74) is 6.53. The van der Waals surface area contributed by atoms with E-state index in [1.165, 1.54) is 11.1 Å². The van der Waals surface area contributed by atoms with Crippen molar-refractivity contribution in [2.75, 3.05) is 6.61 Å². The van der Waals surface area contributed by atoms with E-state index in [4.69, 9.17) is 4.74 Å². The van der Waals surface area contributed by atoms with E-state index in [0.29, 0.717) is 5.92 Å². The molecule has 3 aliphatic rings. The van der Waals surface area contributed by atoms with Crippen molar-refractivity contribution in [3.63, 3.8) is 0 Å². The van der Waals surface area contributed by atoms with E-state index < -0.39 is 0 Å². The summed E-state index contributed by atoms with van der Waals surface area (Å²) in [6.07, 6.45) is 0.942. The van der Waals surface area contributed by atoms with Gasteiger partial charge in [0, 0.05) is 17.0 Å². The van der Waals surface area contributed by atoms with Gasteiger partial charge in [0.2, 0.25) is 0 Å². The number of carbonyl (C=O) groups excluding carboxylic acids is 1. The largest absolute Gasteiger partial charge is 0.493 e. The molecule has 3 rings (SSSR count). The lowest BCUT2D eigenvalue weighted by molar-refractivity contribution is 0.112. The highest BCUT2D eigenvalue weighted by Gasteiger charge is 2.23. The average Bonchev–Trinajstić information content (AvgIpc) is 2.78. The first kappa shape index (κ1) is 11.3. The van der Waals surface area contributed by atoms with Crippen molar-refractivity contribution in [1.82, 2.24) is 0 Å². The number of rotatable bonds is 1. The molecule has 1 heterocycles. The molecule has 0 saturated carbocycles. The summed E-state index contributed by atoms with van der Waals surface area (Å²) in [5, 5.41) is 0. The molecule has 0 radical (unpaired) electrons. The van der Waals surface area contributed by atoms with Gasteiger partial charge in [0.05, 0.1) is 6.61 Å². The summed E-state index contributed by atoms with van der Waals surface area (Å²) in [6, 6.07) is 6.23. The SMILES string of the molecule is Cc1cc(C=O)c2c(C)cc3c(cc1-2)[C@@H](C)CO3. The van der Waals surface area contributed by atoms with E-state index in [-0.39, 0.29) is 0 Å². The third kappa shape index (κ3) is 1.45. The maximum absolute atomic E-state index is 11.2. The van der Waals surface area contributed by atoms with Gasteiger partial charge >= 0.3 is 0 Å². The number of aldehydes is 1. The van der Waals surface area contributed by atoms with Crippen molar-refractivity contribution in [2.45, 2.75) is 26.7 Å². The summed E-state index contributed by atoms with van der Waals surface area (Å²) < 4.78 is 5.72. The zero-order chi connectivity index (χ0) is 12.9. The second kappa shape index (κ2) is 3.84. The maximum Gasteiger partial charge on any atom is 0.150 e. The fraction of sp³-hybridized carbons (Fsp3) is 0.312. The molecule has 0 fully saturated rings. The molecule has 18 heavy (non-hydrogen) atoms. The number of hydrogen-bond acceptors (Lipinski definition) is 2. The number of aryl methyl sites for hydroxylation is 2. The number of hydrogen-bond donors (Lipinski definition) is 0. The molecule has 0 saturated heterocycles. The van der Waals surface area contributed by atoms with Crippen LogP contribution in [0.3, 0.4) is 0 Å². The Morgan fingerprint density at radius 3 is 2.72 bits per heavy atom. The quantitative estimate of drug-likeness (QED) is 0.710. The summed E-state index contributed by atoms with van der Waals surface area (Å²) in [4.78, 5) is 11.2. The van der Waals surface area contributed by atoms with E-state index in [1.807, 2.05) is 13.0 Å². The lowest BCUT2D eigenvalue weighted by atomic mass is 10.0. The van der Waals surface area contributed by atoms with Gasteiger partial charge in [0.25, 0.3) is 0 Å². The Bertz CT molecular complexity index is 613. The van der Waals surface area contributed by atoms with Gasteiger partial charge in [0.15, 0.2) is 6.29 Å². The van der Waals surface area contributed by atoms with E-state index in [0.717, 1.165) is 40.9 Å². The van der Waals surface area contributed by atoms with Crippen molar-refractivity contribution in [3.8, 4) is 16.9 Å². The molecule has 0 aromatic carbocycles. The standard InChI is InChI=1S/C16H16O2/c1-9-4-12(7-17)16-10(2)5-15-13(6-14(9)16)11(3)8-18-15/h4-7,11H,8H2,1-3H3/t11-/m0/s1. The third-order valence-corrected chi connectivity index (χ3v) is 3.83. The third-order valence-electron chi connectivity index (χ3n) is 3.83. The fourth-order valence-corrected chi connectivity index (χ4v) is 2.85. The van der Waals surface area contributed by atoms with Crippen molar-refractivity contribution < 1.29 is 9.53 Å². The molecule has 0 amide bonds. The summed E-state index contributed by atoms with van der Waals surface area (Å²) in [5.74, 6) is 1.39. The second-order valence-corrected chi connectivity index (χ2v) is 5.19. The normalized spacial score (nSPS) is 17.6. The van der Waals surface area contributed by atoms with Gasteiger partial charge in [0.1, 0.15) is 5.75 Å². The molecule has 1 aliphatic heterocycles. The van der Waals surface area contributed by atoms with Crippen LogP contribution < -0.4 is 4.74 Å². The van der Waals surface area contributed by atoms with Gasteiger partial charge in [-0.25, -0.2) is 0 Å². The molecular weight excluding hydrogens is 224 g/mol. The Morgan fingerprint density at radius 1 is 1.22 bits per heavy atom. The Labute approximate surface area is 107 Å². The molecule has 0 bridgehead atoms. The summed E-state index contributed by atoms with van der Waals surface area (Å²) >= 11 is 0. The molecule has 92 valence electrons. The smallest absolute Gasteiger partial charge is 0.150 e. The number of carbonyl (C=O) groups is 1. The zero-order valence-corrected chi connectivity index (χ0v) is 10.9. The van der Waals surface area contributed by atoms with E-state index in [9.17, 15) is 4.79 Å². The lowest BCUT2D eigenvalue weighted by Gasteiger charge is -2.02. The Hall–Kier alpha value is -1.83. The van der Waals surface area contributed by atoms with Crippen molar-refractivity contribution in [3.05, 3.63) is 40.5 Å². The van der Waals surface area contributed by atoms with Crippen LogP contribution in [-0.2, 0) is 0 Å². The first-order valence-electron chi connectivity index (χ1n) is 6.27. The molecule has 2 nitrogen and oxygen atoms in total. The highest BCUT2D eigenvalue weighted by molar-refractivity contribution is 5.93. The maximum atomic E-state index is 11.2. The highest BCUT2D eigenvalue weighted by atomic mass is 16.5. The summed E-state index contributed by atoms with van der Waals surface area (Å²) in [6.45, 7) is 7.02. The van der Waals surface area contributed by atoms with Gasteiger partial charge < -0.3 is 4.74 Å². The van der Waals surface area contributed by atoms with Crippen LogP contribution in [0.2, 0.25) is 0 Å². The molecule has 0 spiro atoms. The van der Waals surface area contributed by atoms with Crippen LogP contribution in [0, 0.1) is 13.8 Å². The first-order chi connectivity index (χ1) is 8.61. The van der Waals surface area contributed by atoms with Gasteiger partial charge in [-0.15, -0.1) is 0 Å². The van der Waals surface area contributed by atoms with Crippen LogP contribution in [0.15, 0.2) is 18.2 Å². The van der Waals surface area contributed by atoms with Gasteiger partial charge in [-0.2, -0.15) is 0 Å². The van der Waals surface area contributed by atoms with Gasteiger partial charge in [-0.3, -0.25) is 4.79 Å². The van der Waals surface area contributed by atoms with E-state index in [2.05, 4.69) is 26.0 Å². The number of fused-ring (bicyclic) bond motifs is 2. The molecule has 1 atom stereocenters. The van der Waals surface area contributed by atoms with Crippen molar-refractivity contribution >= 4 is 6.29 Å². The molecule has 0 N–H and O–H groups in total. The molecular formula is C16H16O2. The minimum absolute atomic E-state index is 0.420. The van der Waals surface area contributed by atoms with Gasteiger partial charge in [-0.1, -0.05) is 6.92 Å².